The van der Waals surface area contributed by atoms with Crippen LogP contribution in [0.4, 0.5) is 0 Å². The van der Waals surface area contributed by atoms with Crippen LogP contribution >= 0.6 is 0 Å². The minimum absolute atomic E-state index is 0.171. The molecule has 8 heteroatoms. The van der Waals surface area contributed by atoms with Crippen LogP contribution in [0.3, 0.4) is 0 Å². The number of benzene rings is 2. The maximum atomic E-state index is 11.2. The lowest BCUT2D eigenvalue weighted by Gasteiger charge is -2.14. The van der Waals surface area contributed by atoms with E-state index in [0.29, 0.717) is 56.1 Å². The van der Waals surface area contributed by atoms with Gasteiger partial charge in [0, 0.05) is 18.7 Å². The Hall–Kier alpha value is -2.81. The topological polar surface area (TPSA) is 112 Å². The summed E-state index contributed by atoms with van der Waals surface area (Å²) >= 11 is 0. The number of rotatable bonds is 15. The first-order valence-corrected chi connectivity index (χ1v) is 11.5. The van der Waals surface area contributed by atoms with Crippen molar-refractivity contribution in [3.8, 4) is 17.2 Å². The van der Waals surface area contributed by atoms with E-state index in [2.05, 4.69) is 5.32 Å². The molecule has 3 rings (SSSR count). The van der Waals surface area contributed by atoms with E-state index >= 15 is 0 Å². The molecule has 1 atom stereocenters. The highest BCUT2D eigenvalue weighted by atomic mass is 16.5. The number of carbonyl (C=O) groups excluding carboxylic acids is 1. The van der Waals surface area contributed by atoms with E-state index in [-0.39, 0.29) is 6.61 Å². The van der Waals surface area contributed by atoms with Crippen LogP contribution in [0.25, 0.3) is 0 Å². The number of aliphatic hydroxyl groups is 1. The molecular formula is C25H34N2O6. The number of primary amides is 1. The molecule has 0 radical (unpaired) electrons. The molecule has 8 nitrogen and oxygen atoms in total. The Balaban J connectivity index is 1.23. The molecule has 1 amide bonds. The first-order chi connectivity index (χ1) is 16.1. The first kappa shape index (κ1) is 24.8. The molecule has 2 aromatic carbocycles. The zero-order valence-electron chi connectivity index (χ0n) is 18.9. The summed E-state index contributed by atoms with van der Waals surface area (Å²) in [6.45, 7) is 2.60. The summed E-state index contributed by atoms with van der Waals surface area (Å²) in [6, 6.07) is 14.1. The van der Waals surface area contributed by atoms with Gasteiger partial charge >= 0.3 is 0 Å². The molecule has 4 N–H and O–H groups in total. The number of carbonyl (C=O) groups is 1. The summed E-state index contributed by atoms with van der Waals surface area (Å²) in [7, 11) is 0. The molecule has 0 aromatic heterocycles. The molecule has 33 heavy (non-hydrogen) atoms. The van der Waals surface area contributed by atoms with Crippen LogP contribution in [0.2, 0.25) is 0 Å². The van der Waals surface area contributed by atoms with Crippen LogP contribution < -0.4 is 25.3 Å². The van der Waals surface area contributed by atoms with Gasteiger partial charge in [-0.25, -0.2) is 0 Å². The first-order valence-electron chi connectivity index (χ1n) is 11.5. The van der Waals surface area contributed by atoms with Gasteiger partial charge in [0.1, 0.15) is 43.2 Å². The zero-order valence-corrected chi connectivity index (χ0v) is 18.9. The average molecular weight is 459 g/mol. The van der Waals surface area contributed by atoms with Crippen LogP contribution in [0.15, 0.2) is 48.5 Å². The minimum Gasteiger partial charge on any atom is -0.492 e. The van der Waals surface area contributed by atoms with Crippen molar-refractivity contribution >= 4 is 5.91 Å². The van der Waals surface area contributed by atoms with Crippen molar-refractivity contribution in [1.82, 2.24) is 5.32 Å². The van der Waals surface area contributed by atoms with Gasteiger partial charge in [-0.3, -0.25) is 4.79 Å². The van der Waals surface area contributed by atoms with Crippen molar-refractivity contribution in [2.24, 2.45) is 5.73 Å². The van der Waals surface area contributed by atoms with Crippen molar-refractivity contribution in [1.29, 1.82) is 0 Å². The standard InChI is InChI=1S/C25H34N2O6/c26-25(29)19-4-3-7-24(16-19)30-13-12-27-17-20(28)18-33-23-10-8-22(9-11-23)32-15-14-31-21-5-1-2-6-21/h3-4,7-11,16,20-21,27-28H,1-2,5-6,12-15,17-18H2,(H2,26,29). The average Bonchev–Trinajstić information content (AvgIpc) is 3.35. The number of hydrogen-bond donors (Lipinski definition) is 3. The molecule has 1 aliphatic carbocycles. The van der Waals surface area contributed by atoms with E-state index in [1.54, 1.807) is 24.3 Å². The Morgan fingerprint density at radius 3 is 2.39 bits per heavy atom. The highest BCUT2D eigenvalue weighted by Crippen LogP contribution is 2.21. The summed E-state index contributed by atoms with van der Waals surface area (Å²) < 4.78 is 22.7. The zero-order chi connectivity index (χ0) is 23.3. The van der Waals surface area contributed by atoms with Crippen LogP contribution in [0.1, 0.15) is 36.0 Å². The maximum Gasteiger partial charge on any atom is 0.248 e. The summed E-state index contributed by atoms with van der Waals surface area (Å²) in [5, 5.41) is 13.2. The second-order valence-electron chi connectivity index (χ2n) is 8.01. The Bertz CT molecular complexity index is 839. The Morgan fingerprint density at radius 1 is 0.970 bits per heavy atom. The monoisotopic (exact) mass is 458 g/mol. The fraction of sp³-hybridized carbons (Fsp3) is 0.480. The molecule has 1 aliphatic rings. The molecule has 0 bridgehead atoms. The van der Waals surface area contributed by atoms with E-state index in [4.69, 9.17) is 24.7 Å². The van der Waals surface area contributed by atoms with E-state index in [9.17, 15) is 9.90 Å². The van der Waals surface area contributed by atoms with Gasteiger partial charge in [0.15, 0.2) is 0 Å². The summed E-state index contributed by atoms with van der Waals surface area (Å²) in [6.07, 6.45) is 4.59. The summed E-state index contributed by atoms with van der Waals surface area (Å²) in [5.41, 5.74) is 5.66. The number of nitrogens with one attached hydrogen (secondary N) is 1. The smallest absolute Gasteiger partial charge is 0.248 e. The molecule has 0 aliphatic heterocycles. The van der Waals surface area contributed by atoms with Gasteiger partial charge in [0.25, 0.3) is 0 Å². The summed E-state index contributed by atoms with van der Waals surface area (Å²) in [4.78, 5) is 11.2. The molecular weight excluding hydrogens is 424 g/mol. The fourth-order valence-electron chi connectivity index (χ4n) is 3.56. The van der Waals surface area contributed by atoms with Crippen LogP contribution in [-0.2, 0) is 4.74 Å². The Labute approximate surface area is 195 Å². The lowest BCUT2D eigenvalue weighted by atomic mass is 10.2. The number of hydrogen-bond acceptors (Lipinski definition) is 7. The summed E-state index contributed by atoms with van der Waals surface area (Å²) in [5.74, 6) is 1.51. The maximum absolute atomic E-state index is 11.2. The van der Waals surface area contributed by atoms with Gasteiger partial charge in [0.05, 0.1) is 12.7 Å². The van der Waals surface area contributed by atoms with Crippen LogP contribution in [-0.4, -0.2) is 62.7 Å². The molecule has 0 saturated heterocycles. The van der Waals surface area contributed by atoms with E-state index < -0.39 is 12.0 Å². The third-order valence-corrected chi connectivity index (χ3v) is 5.32. The predicted molar refractivity (Wildman–Crippen MR) is 125 cm³/mol. The van der Waals surface area contributed by atoms with Crippen molar-refractivity contribution in [3.63, 3.8) is 0 Å². The Morgan fingerprint density at radius 2 is 1.67 bits per heavy atom. The van der Waals surface area contributed by atoms with Gasteiger partial charge in [-0.2, -0.15) is 0 Å². The van der Waals surface area contributed by atoms with Gasteiger partial charge in [0.2, 0.25) is 5.91 Å². The normalized spacial score (nSPS) is 14.7. The number of amides is 1. The van der Waals surface area contributed by atoms with Crippen molar-refractivity contribution in [2.75, 3.05) is 39.5 Å². The fourth-order valence-corrected chi connectivity index (χ4v) is 3.56. The quantitative estimate of drug-likeness (QED) is 0.352. The second-order valence-corrected chi connectivity index (χ2v) is 8.01. The highest BCUT2D eigenvalue weighted by molar-refractivity contribution is 5.93. The molecule has 1 fully saturated rings. The van der Waals surface area contributed by atoms with Crippen LogP contribution in [0.5, 0.6) is 17.2 Å². The van der Waals surface area contributed by atoms with E-state index in [0.717, 1.165) is 18.6 Å². The largest absolute Gasteiger partial charge is 0.492 e. The molecule has 2 aromatic rings. The molecule has 1 saturated carbocycles. The van der Waals surface area contributed by atoms with Crippen molar-refractivity contribution < 1.29 is 28.8 Å². The predicted octanol–water partition coefficient (Wildman–Crippen LogP) is 2.53. The van der Waals surface area contributed by atoms with Crippen molar-refractivity contribution in [3.05, 3.63) is 54.1 Å². The van der Waals surface area contributed by atoms with Gasteiger partial charge in [-0.15, -0.1) is 0 Å². The van der Waals surface area contributed by atoms with Crippen molar-refractivity contribution in [2.45, 2.75) is 37.9 Å². The molecule has 1 unspecified atom stereocenters. The van der Waals surface area contributed by atoms with Gasteiger partial charge in [-0.05, 0) is 55.3 Å². The highest BCUT2D eigenvalue weighted by Gasteiger charge is 2.14. The molecule has 0 spiro atoms. The Kier molecular flexibility index (Phi) is 10.3. The number of ether oxygens (including phenoxy) is 4. The SMILES string of the molecule is NC(=O)c1cccc(OCCNCC(O)COc2ccc(OCCOC3CCCC3)cc2)c1. The number of aliphatic hydroxyl groups excluding tert-OH is 1. The minimum atomic E-state index is -0.660. The van der Waals surface area contributed by atoms with Crippen LogP contribution in [0, 0.1) is 0 Å². The van der Waals surface area contributed by atoms with Gasteiger partial charge in [-0.1, -0.05) is 18.9 Å². The molecule has 180 valence electrons. The third kappa shape index (κ3) is 9.29. The molecule has 0 heterocycles. The lowest BCUT2D eigenvalue weighted by Crippen LogP contribution is -2.33. The van der Waals surface area contributed by atoms with Gasteiger partial charge < -0.3 is 35.1 Å². The van der Waals surface area contributed by atoms with E-state index in [1.165, 1.54) is 12.8 Å². The third-order valence-electron chi connectivity index (χ3n) is 5.32. The van der Waals surface area contributed by atoms with E-state index in [1.807, 2.05) is 24.3 Å². The lowest BCUT2D eigenvalue weighted by molar-refractivity contribution is 0.0382. The second kappa shape index (κ2) is 13.7. The number of nitrogens with two attached hydrogens (primary N) is 1.